The van der Waals surface area contributed by atoms with E-state index in [2.05, 4.69) is 10.2 Å². The zero-order valence-corrected chi connectivity index (χ0v) is 6.51. The van der Waals surface area contributed by atoms with Gasteiger partial charge >= 0.3 is 0 Å². The fraction of sp³-hybridized carbons (Fsp3) is 0.111. The molecule has 0 bridgehead atoms. The van der Waals surface area contributed by atoms with E-state index in [-0.39, 0.29) is 6.17 Å². The van der Waals surface area contributed by atoms with Crippen LogP contribution >= 0.6 is 0 Å². The molecule has 0 radical (unpaired) electrons. The third-order valence-electron chi connectivity index (χ3n) is 1.70. The predicted molar refractivity (Wildman–Crippen MR) is 47.3 cm³/mol. The van der Waals surface area contributed by atoms with Crippen molar-refractivity contribution in [3.05, 3.63) is 42.0 Å². The van der Waals surface area contributed by atoms with Crippen molar-refractivity contribution in [2.45, 2.75) is 6.17 Å². The molecule has 1 aliphatic rings. The highest BCUT2D eigenvalue weighted by Gasteiger charge is 2.08. The van der Waals surface area contributed by atoms with Gasteiger partial charge in [0.15, 0.2) is 0 Å². The molecule has 1 atom stereocenters. The largest absolute Gasteiger partial charge is 0.305 e. The zero-order chi connectivity index (χ0) is 8.39. The SMILES string of the molecule is NC1C=C(c2ccccc2)N=N1. The molecule has 1 aromatic rings. The summed E-state index contributed by atoms with van der Waals surface area (Å²) in [4.78, 5) is 0. The summed E-state index contributed by atoms with van der Waals surface area (Å²) in [7, 11) is 0. The van der Waals surface area contributed by atoms with Gasteiger partial charge in [0.25, 0.3) is 0 Å². The van der Waals surface area contributed by atoms with Crippen LogP contribution in [-0.2, 0) is 0 Å². The number of nitrogens with two attached hydrogens (primary N) is 1. The number of hydrogen-bond acceptors (Lipinski definition) is 3. The third-order valence-corrected chi connectivity index (χ3v) is 1.70. The van der Waals surface area contributed by atoms with Crippen molar-refractivity contribution < 1.29 is 0 Å². The number of benzene rings is 1. The first-order chi connectivity index (χ1) is 5.86. The molecular formula is C9H9N3. The van der Waals surface area contributed by atoms with Gasteiger partial charge in [0.2, 0.25) is 0 Å². The summed E-state index contributed by atoms with van der Waals surface area (Å²) in [5, 5.41) is 7.75. The molecule has 60 valence electrons. The van der Waals surface area contributed by atoms with Gasteiger partial charge in [-0.1, -0.05) is 30.3 Å². The van der Waals surface area contributed by atoms with Crippen LogP contribution in [0, 0.1) is 0 Å². The summed E-state index contributed by atoms with van der Waals surface area (Å²) >= 11 is 0. The van der Waals surface area contributed by atoms with Crippen molar-refractivity contribution in [3.63, 3.8) is 0 Å². The molecule has 3 heteroatoms. The van der Waals surface area contributed by atoms with E-state index < -0.39 is 0 Å². The van der Waals surface area contributed by atoms with Crippen LogP contribution in [0.5, 0.6) is 0 Å². The Labute approximate surface area is 70.6 Å². The monoisotopic (exact) mass is 159 g/mol. The highest BCUT2D eigenvalue weighted by atomic mass is 15.2. The van der Waals surface area contributed by atoms with Crippen LogP contribution in [0.4, 0.5) is 0 Å². The quantitative estimate of drug-likeness (QED) is 0.667. The first-order valence-corrected chi connectivity index (χ1v) is 3.80. The van der Waals surface area contributed by atoms with Gasteiger partial charge < -0.3 is 5.73 Å². The van der Waals surface area contributed by atoms with Crippen LogP contribution in [0.25, 0.3) is 5.70 Å². The lowest BCUT2D eigenvalue weighted by Crippen LogP contribution is -2.09. The topological polar surface area (TPSA) is 50.7 Å². The van der Waals surface area contributed by atoms with Gasteiger partial charge in [-0.3, -0.25) is 0 Å². The van der Waals surface area contributed by atoms with Crippen LogP contribution in [-0.4, -0.2) is 6.17 Å². The molecule has 2 rings (SSSR count). The van der Waals surface area contributed by atoms with E-state index in [1.165, 1.54) is 0 Å². The van der Waals surface area contributed by atoms with E-state index in [1.54, 1.807) is 0 Å². The van der Waals surface area contributed by atoms with Gasteiger partial charge in [-0.05, 0) is 6.08 Å². The van der Waals surface area contributed by atoms with Gasteiger partial charge in [0, 0.05) is 5.56 Å². The van der Waals surface area contributed by atoms with Crippen molar-refractivity contribution in [1.82, 2.24) is 0 Å². The Morgan fingerprint density at radius 3 is 2.50 bits per heavy atom. The molecule has 0 spiro atoms. The Bertz CT molecular complexity index is 327. The maximum Gasteiger partial charge on any atom is 0.140 e. The smallest absolute Gasteiger partial charge is 0.140 e. The predicted octanol–water partition coefficient (Wildman–Crippen LogP) is 1.78. The molecule has 0 saturated heterocycles. The number of hydrogen-bond donors (Lipinski definition) is 1. The van der Waals surface area contributed by atoms with Crippen molar-refractivity contribution in [2.24, 2.45) is 16.0 Å². The highest BCUT2D eigenvalue weighted by molar-refractivity contribution is 5.65. The second-order valence-electron chi connectivity index (χ2n) is 2.62. The molecular weight excluding hydrogens is 150 g/mol. The molecule has 1 heterocycles. The molecule has 0 amide bonds. The Hall–Kier alpha value is -1.48. The minimum atomic E-state index is -0.264. The molecule has 0 saturated carbocycles. The maximum absolute atomic E-state index is 5.53. The average Bonchev–Trinajstić information content (AvgIpc) is 2.54. The third kappa shape index (κ3) is 1.26. The summed E-state index contributed by atoms with van der Waals surface area (Å²) in [6, 6.07) is 9.88. The van der Waals surface area contributed by atoms with Gasteiger partial charge in [0.05, 0.1) is 5.70 Å². The summed E-state index contributed by atoms with van der Waals surface area (Å²) in [6.45, 7) is 0. The Kier molecular flexibility index (Phi) is 1.72. The number of azo groups is 1. The van der Waals surface area contributed by atoms with E-state index >= 15 is 0 Å². The molecule has 1 aliphatic heterocycles. The van der Waals surface area contributed by atoms with E-state index in [9.17, 15) is 0 Å². The average molecular weight is 159 g/mol. The van der Waals surface area contributed by atoms with Crippen LogP contribution < -0.4 is 5.73 Å². The summed E-state index contributed by atoms with van der Waals surface area (Å²) in [5.41, 5.74) is 7.45. The zero-order valence-electron chi connectivity index (χ0n) is 6.51. The van der Waals surface area contributed by atoms with Crippen molar-refractivity contribution in [1.29, 1.82) is 0 Å². The molecule has 12 heavy (non-hydrogen) atoms. The van der Waals surface area contributed by atoms with Gasteiger partial charge in [-0.15, -0.1) is 0 Å². The Morgan fingerprint density at radius 2 is 1.92 bits per heavy atom. The maximum atomic E-state index is 5.53. The molecule has 1 aromatic carbocycles. The minimum absolute atomic E-state index is 0.264. The van der Waals surface area contributed by atoms with Crippen molar-refractivity contribution >= 4 is 5.70 Å². The van der Waals surface area contributed by atoms with E-state index in [0.29, 0.717) is 0 Å². The second-order valence-corrected chi connectivity index (χ2v) is 2.62. The molecule has 2 N–H and O–H groups in total. The lowest BCUT2D eigenvalue weighted by molar-refractivity contribution is 0.851. The van der Waals surface area contributed by atoms with Gasteiger partial charge in [-0.2, -0.15) is 10.2 Å². The van der Waals surface area contributed by atoms with Crippen LogP contribution in [0.15, 0.2) is 46.6 Å². The summed E-state index contributed by atoms with van der Waals surface area (Å²) in [6.07, 6.45) is 1.58. The van der Waals surface area contributed by atoms with E-state index in [1.807, 2.05) is 36.4 Å². The molecule has 1 unspecified atom stereocenters. The second kappa shape index (κ2) is 2.87. The Morgan fingerprint density at radius 1 is 1.17 bits per heavy atom. The minimum Gasteiger partial charge on any atom is -0.305 e. The van der Waals surface area contributed by atoms with Crippen LogP contribution in [0.3, 0.4) is 0 Å². The lowest BCUT2D eigenvalue weighted by Gasteiger charge is -1.94. The molecule has 0 aromatic heterocycles. The molecule has 0 fully saturated rings. The standard InChI is InChI=1S/C9H9N3/c10-9-6-8(11-12-9)7-4-2-1-3-5-7/h1-6,9H,10H2. The highest BCUT2D eigenvalue weighted by Crippen LogP contribution is 2.20. The summed E-state index contributed by atoms with van der Waals surface area (Å²) in [5.74, 6) is 0. The van der Waals surface area contributed by atoms with E-state index in [0.717, 1.165) is 11.3 Å². The fourth-order valence-electron chi connectivity index (χ4n) is 1.12. The molecule has 0 aliphatic carbocycles. The molecule has 3 nitrogen and oxygen atoms in total. The van der Waals surface area contributed by atoms with Gasteiger partial charge in [-0.25, -0.2) is 0 Å². The lowest BCUT2D eigenvalue weighted by atomic mass is 10.1. The first-order valence-electron chi connectivity index (χ1n) is 3.80. The van der Waals surface area contributed by atoms with Crippen LogP contribution in [0.1, 0.15) is 5.56 Å². The summed E-state index contributed by atoms with van der Waals surface area (Å²) < 4.78 is 0. The Balaban J connectivity index is 2.34. The van der Waals surface area contributed by atoms with Crippen molar-refractivity contribution in [3.8, 4) is 0 Å². The van der Waals surface area contributed by atoms with Crippen LogP contribution in [0.2, 0.25) is 0 Å². The fourth-order valence-corrected chi connectivity index (χ4v) is 1.12. The number of rotatable bonds is 1. The normalized spacial score (nSPS) is 21.1. The van der Waals surface area contributed by atoms with Gasteiger partial charge in [0.1, 0.15) is 6.17 Å². The number of nitrogens with zero attached hydrogens (tertiary/aromatic N) is 2. The van der Waals surface area contributed by atoms with E-state index in [4.69, 9.17) is 5.73 Å². The van der Waals surface area contributed by atoms with Crippen molar-refractivity contribution in [2.75, 3.05) is 0 Å². The first kappa shape index (κ1) is 7.18.